The van der Waals surface area contributed by atoms with Crippen LogP contribution >= 0.6 is 22.9 Å². The first-order chi connectivity index (χ1) is 15.1. The number of fused-ring (bicyclic) bond motifs is 1. The summed E-state index contributed by atoms with van der Waals surface area (Å²) in [6.45, 7) is 0. The number of amides is 2. The van der Waals surface area contributed by atoms with Crippen molar-refractivity contribution in [1.29, 1.82) is 0 Å². The number of carbonyl (C=O) groups excluding carboxylic acids is 2. The van der Waals surface area contributed by atoms with Crippen molar-refractivity contribution in [2.45, 2.75) is 5.92 Å². The third kappa shape index (κ3) is 4.40. The van der Waals surface area contributed by atoms with Gasteiger partial charge in [0.15, 0.2) is 0 Å². The van der Waals surface area contributed by atoms with Gasteiger partial charge in [-0.05, 0) is 29.3 Å². The summed E-state index contributed by atoms with van der Waals surface area (Å²) in [5.74, 6) is -0.702. The Morgan fingerprint density at radius 2 is 1.52 bits per heavy atom. The summed E-state index contributed by atoms with van der Waals surface area (Å²) in [6.07, 6.45) is 0. The monoisotopic (exact) mass is 450 g/mol. The third-order valence-electron chi connectivity index (χ3n) is 4.87. The topological polar surface area (TPSA) is 67.4 Å². The van der Waals surface area contributed by atoms with Crippen molar-refractivity contribution in [2.75, 3.05) is 7.11 Å². The molecule has 3 aromatic carbocycles. The molecule has 4 rings (SSSR count). The fraction of sp³-hybridized carbons (Fsp3) is 0.0833. The lowest BCUT2D eigenvalue weighted by atomic mass is 9.91. The van der Waals surface area contributed by atoms with Crippen LogP contribution in [0.15, 0.2) is 78.9 Å². The minimum atomic E-state index is -0.565. The number of carbonyl (C=O) groups is 2. The molecule has 2 amide bonds. The van der Waals surface area contributed by atoms with Crippen LogP contribution in [0.2, 0.25) is 5.02 Å². The number of benzene rings is 3. The Labute approximate surface area is 188 Å². The largest absolute Gasteiger partial charge is 0.497 e. The van der Waals surface area contributed by atoms with Crippen LogP contribution in [0.1, 0.15) is 26.7 Å². The van der Waals surface area contributed by atoms with E-state index in [1.807, 2.05) is 72.8 Å². The standard InChI is InChI=1S/C24H19ClN2O3S/c1-30-17-12-13-18-19(14-17)31-22(21(18)25)24(29)27-26-23(28)20(15-8-4-2-5-9-15)16-10-6-3-7-11-16/h2-14,20H,1H3,(H,26,28)(H,27,29). The van der Waals surface area contributed by atoms with Crippen molar-refractivity contribution in [2.24, 2.45) is 0 Å². The van der Waals surface area contributed by atoms with Gasteiger partial charge in [-0.1, -0.05) is 72.3 Å². The fourth-order valence-corrected chi connectivity index (χ4v) is 4.79. The molecule has 0 bridgehead atoms. The zero-order chi connectivity index (χ0) is 21.8. The van der Waals surface area contributed by atoms with Crippen molar-refractivity contribution in [1.82, 2.24) is 10.9 Å². The highest BCUT2D eigenvalue weighted by Gasteiger charge is 2.24. The summed E-state index contributed by atoms with van der Waals surface area (Å²) < 4.78 is 6.05. The van der Waals surface area contributed by atoms with E-state index >= 15 is 0 Å². The van der Waals surface area contributed by atoms with Gasteiger partial charge in [-0.25, -0.2) is 0 Å². The zero-order valence-corrected chi connectivity index (χ0v) is 18.2. The molecule has 1 aromatic heterocycles. The molecular weight excluding hydrogens is 432 g/mol. The van der Waals surface area contributed by atoms with Crippen LogP contribution in [0, 0.1) is 0 Å². The molecule has 0 aliphatic carbocycles. The van der Waals surface area contributed by atoms with Crippen LogP contribution < -0.4 is 15.6 Å². The predicted octanol–water partition coefficient (Wildman–Crippen LogP) is 5.16. The summed E-state index contributed by atoms with van der Waals surface area (Å²) in [5.41, 5.74) is 6.71. The molecule has 0 unspecified atom stereocenters. The second-order valence-corrected chi connectivity index (χ2v) is 8.24. The van der Waals surface area contributed by atoms with Crippen molar-refractivity contribution in [3.8, 4) is 5.75 Å². The molecule has 0 saturated carbocycles. The van der Waals surface area contributed by atoms with Gasteiger partial charge in [0.25, 0.3) is 5.91 Å². The van der Waals surface area contributed by atoms with Crippen LogP contribution in [0.3, 0.4) is 0 Å². The van der Waals surface area contributed by atoms with Crippen LogP contribution in [0.5, 0.6) is 5.75 Å². The molecule has 0 atom stereocenters. The highest BCUT2D eigenvalue weighted by atomic mass is 35.5. The van der Waals surface area contributed by atoms with E-state index in [9.17, 15) is 9.59 Å². The molecule has 5 nitrogen and oxygen atoms in total. The molecule has 2 N–H and O–H groups in total. The van der Waals surface area contributed by atoms with Gasteiger partial charge in [0.1, 0.15) is 10.6 Å². The molecule has 0 aliphatic rings. The number of methoxy groups -OCH3 is 1. The molecule has 0 radical (unpaired) electrons. The number of hydrogen-bond donors (Lipinski definition) is 2. The Bertz CT molecular complexity index is 1190. The van der Waals surface area contributed by atoms with Gasteiger partial charge in [-0.15, -0.1) is 11.3 Å². The van der Waals surface area contributed by atoms with Crippen molar-refractivity contribution >= 4 is 44.8 Å². The highest BCUT2D eigenvalue weighted by Crippen LogP contribution is 2.37. The Morgan fingerprint density at radius 1 is 0.903 bits per heavy atom. The first-order valence-corrected chi connectivity index (χ1v) is 10.7. The number of hydrogen-bond acceptors (Lipinski definition) is 4. The average Bonchev–Trinajstić information content (AvgIpc) is 3.15. The number of halogens is 1. The Kier molecular flexibility index (Phi) is 6.21. The fourth-order valence-electron chi connectivity index (χ4n) is 3.35. The Balaban J connectivity index is 1.55. The Hall–Kier alpha value is -3.35. The molecule has 31 heavy (non-hydrogen) atoms. The molecule has 0 saturated heterocycles. The van der Waals surface area contributed by atoms with E-state index in [2.05, 4.69) is 10.9 Å². The van der Waals surface area contributed by atoms with E-state index in [4.69, 9.17) is 16.3 Å². The van der Waals surface area contributed by atoms with E-state index in [-0.39, 0.29) is 5.91 Å². The minimum Gasteiger partial charge on any atom is -0.497 e. The lowest BCUT2D eigenvalue weighted by molar-refractivity contribution is -0.122. The number of ether oxygens (including phenoxy) is 1. The van der Waals surface area contributed by atoms with Gasteiger partial charge in [-0.3, -0.25) is 20.4 Å². The zero-order valence-electron chi connectivity index (χ0n) is 16.6. The number of thiophene rings is 1. The summed E-state index contributed by atoms with van der Waals surface area (Å²) in [6, 6.07) is 24.2. The van der Waals surface area contributed by atoms with E-state index < -0.39 is 11.8 Å². The van der Waals surface area contributed by atoms with Crippen molar-refractivity contribution in [3.63, 3.8) is 0 Å². The maximum Gasteiger partial charge on any atom is 0.281 e. The third-order valence-corrected chi connectivity index (χ3v) is 6.53. The van der Waals surface area contributed by atoms with Crippen LogP contribution in [-0.4, -0.2) is 18.9 Å². The molecule has 156 valence electrons. The predicted molar refractivity (Wildman–Crippen MR) is 124 cm³/mol. The van der Waals surface area contributed by atoms with Gasteiger partial charge < -0.3 is 4.74 Å². The normalized spacial score (nSPS) is 10.8. The van der Waals surface area contributed by atoms with Crippen LogP contribution in [-0.2, 0) is 4.79 Å². The number of hydrazine groups is 1. The molecule has 7 heteroatoms. The smallest absolute Gasteiger partial charge is 0.281 e. The van der Waals surface area contributed by atoms with E-state index in [1.54, 1.807) is 13.2 Å². The maximum atomic E-state index is 13.0. The van der Waals surface area contributed by atoms with E-state index in [1.165, 1.54) is 11.3 Å². The first kappa shape index (κ1) is 20.9. The van der Waals surface area contributed by atoms with Gasteiger partial charge in [-0.2, -0.15) is 0 Å². The van der Waals surface area contributed by atoms with Gasteiger partial charge in [0, 0.05) is 10.1 Å². The minimum absolute atomic E-state index is 0.321. The highest BCUT2D eigenvalue weighted by molar-refractivity contribution is 7.21. The second kappa shape index (κ2) is 9.20. The first-order valence-electron chi connectivity index (χ1n) is 9.54. The van der Waals surface area contributed by atoms with E-state index in [0.29, 0.717) is 15.6 Å². The maximum absolute atomic E-state index is 13.0. The van der Waals surface area contributed by atoms with Gasteiger partial charge >= 0.3 is 0 Å². The van der Waals surface area contributed by atoms with Gasteiger partial charge in [0.2, 0.25) is 5.91 Å². The number of nitrogens with one attached hydrogen (secondary N) is 2. The molecule has 0 spiro atoms. The van der Waals surface area contributed by atoms with Crippen LogP contribution in [0.4, 0.5) is 0 Å². The molecule has 0 aliphatic heterocycles. The van der Waals surface area contributed by atoms with E-state index in [0.717, 1.165) is 21.2 Å². The lowest BCUT2D eigenvalue weighted by Crippen LogP contribution is -2.44. The summed E-state index contributed by atoms with van der Waals surface area (Å²) in [5, 5.41) is 1.10. The molecule has 0 fully saturated rings. The quantitative estimate of drug-likeness (QED) is 0.413. The van der Waals surface area contributed by atoms with Gasteiger partial charge in [0.05, 0.1) is 18.1 Å². The summed E-state index contributed by atoms with van der Waals surface area (Å²) in [4.78, 5) is 26.1. The molecular formula is C24H19ClN2O3S. The van der Waals surface area contributed by atoms with Crippen molar-refractivity contribution in [3.05, 3.63) is 99.9 Å². The Morgan fingerprint density at radius 3 is 2.10 bits per heavy atom. The molecule has 4 aromatic rings. The van der Waals surface area contributed by atoms with Crippen LogP contribution in [0.25, 0.3) is 10.1 Å². The SMILES string of the molecule is COc1ccc2c(Cl)c(C(=O)NNC(=O)C(c3ccccc3)c3ccccc3)sc2c1. The lowest BCUT2D eigenvalue weighted by Gasteiger charge is -2.18. The number of rotatable bonds is 5. The van der Waals surface area contributed by atoms with Crippen molar-refractivity contribution < 1.29 is 14.3 Å². The molecule has 1 heterocycles. The summed E-state index contributed by atoms with van der Waals surface area (Å²) >= 11 is 7.65. The second-order valence-electron chi connectivity index (χ2n) is 6.81. The summed E-state index contributed by atoms with van der Waals surface area (Å²) in [7, 11) is 1.58. The average molecular weight is 451 g/mol.